The molecule has 2 amide bonds. The molecule has 1 aliphatic carbocycles. The van der Waals surface area contributed by atoms with Gasteiger partial charge >= 0.3 is 6.03 Å². The lowest BCUT2D eigenvalue weighted by atomic mass is 9.88. The lowest BCUT2D eigenvalue weighted by molar-refractivity contribution is -0.00232. The van der Waals surface area contributed by atoms with Gasteiger partial charge in [0, 0.05) is 45.0 Å². The second-order valence-corrected chi connectivity index (χ2v) is 8.33. The Labute approximate surface area is 169 Å². The maximum atomic E-state index is 12.1. The fourth-order valence-corrected chi connectivity index (χ4v) is 4.04. The molecule has 1 heterocycles. The molecule has 1 saturated carbocycles. The van der Waals surface area contributed by atoms with E-state index in [2.05, 4.69) is 46.5 Å². The van der Waals surface area contributed by atoms with Crippen LogP contribution < -0.4 is 10.6 Å². The van der Waals surface area contributed by atoms with E-state index in [4.69, 9.17) is 4.74 Å². The zero-order valence-electron chi connectivity index (χ0n) is 17.5. The van der Waals surface area contributed by atoms with Gasteiger partial charge in [0.15, 0.2) is 0 Å². The van der Waals surface area contributed by atoms with Gasteiger partial charge in [-0.3, -0.25) is 4.90 Å². The Kier molecular flexibility index (Phi) is 8.13. The molecule has 1 aromatic rings. The molecule has 28 heavy (non-hydrogen) atoms. The van der Waals surface area contributed by atoms with Crippen LogP contribution >= 0.6 is 0 Å². The predicted molar refractivity (Wildman–Crippen MR) is 114 cm³/mol. The molecular formula is C22H36N4O2. The van der Waals surface area contributed by atoms with Gasteiger partial charge in [-0.2, -0.15) is 0 Å². The minimum absolute atomic E-state index is 0.174. The van der Waals surface area contributed by atoms with Crippen molar-refractivity contribution in [1.82, 2.24) is 15.1 Å². The van der Waals surface area contributed by atoms with Gasteiger partial charge in [-0.1, -0.05) is 31.9 Å². The van der Waals surface area contributed by atoms with Crippen LogP contribution in [-0.4, -0.2) is 68.3 Å². The highest BCUT2D eigenvalue weighted by molar-refractivity contribution is 5.89. The summed E-state index contributed by atoms with van der Waals surface area (Å²) in [5, 5.41) is 5.78. The number of urea groups is 1. The summed E-state index contributed by atoms with van der Waals surface area (Å²) in [6.45, 7) is 8.82. The van der Waals surface area contributed by atoms with Gasteiger partial charge in [-0.25, -0.2) is 4.79 Å². The summed E-state index contributed by atoms with van der Waals surface area (Å²) >= 11 is 0. The Morgan fingerprint density at radius 2 is 1.82 bits per heavy atom. The first kappa shape index (κ1) is 21.1. The van der Waals surface area contributed by atoms with Crippen LogP contribution in [0, 0.1) is 5.92 Å². The van der Waals surface area contributed by atoms with E-state index in [-0.39, 0.29) is 6.03 Å². The van der Waals surface area contributed by atoms with E-state index >= 15 is 0 Å². The average Bonchev–Trinajstić information content (AvgIpc) is 2.70. The summed E-state index contributed by atoms with van der Waals surface area (Å²) in [7, 11) is 2.17. The van der Waals surface area contributed by atoms with Crippen LogP contribution in [0.1, 0.15) is 38.2 Å². The van der Waals surface area contributed by atoms with Crippen molar-refractivity contribution in [2.75, 3.05) is 51.7 Å². The number of nitrogens with zero attached hydrogens (tertiary/aromatic N) is 2. The van der Waals surface area contributed by atoms with Crippen LogP contribution in [0.15, 0.2) is 24.3 Å². The molecule has 0 spiro atoms. The first-order valence-corrected chi connectivity index (χ1v) is 10.8. The van der Waals surface area contributed by atoms with E-state index in [1.165, 1.54) is 24.8 Å². The Balaban J connectivity index is 1.32. The third-order valence-electron chi connectivity index (χ3n) is 5.97. The molecule has 2 unspecified atom stereocenters. The Hall–Kier alpha value is -1.63. The van der Waals surface area contributed by atoms with Crippen molar-refractivity contribution in [2.45, 2.75) is 45.3 Å². The van der Waals surface area contributed by atoms with Crippen molar-refractivity contribution in [2.24, 2.45) is 5.92 Å². The maximum absolute atomic E-state index is 12.1. The number of likely N-dealkylation sites (N-methyl/N-ethyl adjacent to an activating group) is 1. The number of amides is 2. The van der Waals surface area contributed by atoms with Crippen molar-refractivity contribution in [3.05, 3.63) is 29.8 Å². The number of rotatable bonds is 7. The van der Waals surface area contributed by atoms with E-state index in [1.54, 1.807) is 0 Å². The number of hydrogen-bond donors (Lipinski definition) is 2. The van der Waals surface area contributed by atoms with E-state index in [9.17, 15) is 4.79 Å². The molecule has 1 saturated heterocycles. The maximum Gasteiger partial charge on any atom is 0.319 e. The highest BCUT2D eigenvalue weighted by Gasteiger charge is 2.21. The fourth-order valence-electron chi connectivity index (χ4n) is 4.04. The average molecular weight is 389 g/mol. The van der Waals surface area contributed by atoms with Gasteiger partial charge in [0.25, 0.3) is 0 Å². The number of ether oxygens (including phenoxy) is 1. The van der Waals surface area contributed by atoms with Gasteiger partial charge in [-0.05, 0) is 43.5 Å². The Bertz CT molecular complexity index is 599. The summed E-state index contributed by atoms with van der Waals surface area (Å²) in [5.41, 5.74) is 2.10. The number of hydrogen-bond acceptors (Lipinski definition) is 4. The number of piperazine rings is 1. The Morgan fingerprint density at radius 1 is 1.11 bits per heavy atom. The van der Waals surface area contributed by atoms with E-state index in [0.717, 1.165) is 44.8 Å². The van der Waals surface area contributed by atoms with Gasteiger partial charge in [0.2, 0.25) is 0 Å². The highest BCUT2D eigenvalue weighted by Crippen LogP contribution is 2.26. The monoisotopic (exact) mass is 388 g/mol. The first-order valence-electron chi connectivity index (χ1n) is 10.8. The molecule has 6 nitrogen and oxygen atoms in total. The molecule has 2 aliphatic rings. The molecule has 1 aromatic carbocycles. The van der Waals surface area contributed by atoms with Crippen LogP contribution in [0.5, 0.6) is 0 Å². The SMILES string of the molecule is CC1CCCCC1OCCNC(=O)Nc1ccc(CN2CCN(C)CC2)cc1. The smallest absolute Gasteiger partial charge is 0.319 e. The third-order valence-corrected chi connectivity index (χ3v) is 5.97. The largest absolute Gasteiger partial charge is 0.376 e. The fraction of sp³-hybridized carbons (Fsp3) is 0.682. The molecule has 1 aliphatic heterocycles. The predicted octanol–water partition coefficient (Wildman–Crippen LogP) is 3.15. The number of carbonyl (C=O) groups excluding carboxylic acids is 1. The van der Waals surface area contributed by atoms with Crippen LogP contribution in [0.25, 0.3) is 0 Å². The van der Waals surface area contributed by atoms with Crippen molar-refractivity contribution in [3.8, 4) is 0 Å². The third kappa shape index (κ3) is 6.76. The lowest BCUT2D eigenvalue weighted by Gasteiger charge is -2.32. The quantitative estimate of drug-likeness (QED) is 0.705. The number of nitrogens with one attached hydrogen (secondary N) is 2. The Morgan fingerprint density at radius 3 is 2.54 bits per heavy atom. The summed E-state index contributed by atoms with van der Waals surface area (Å²) in [5.74, 6) is 0.631. The number of benzene rings is 1. The summed E-state index contributed by atoms with van der Waals surface area (Å²) < 4.78 is 5.94. The van der Waals surface area contributed by atoms with Gasteiger partial charge < -0.3 is 20.3 Å². The topological polar surface area (TPSA) is 56.8 Å². The summed E-state index contributed by atoms with van der Waals surface area (Å²) in [6, 6.07) is 7.98. The molecule has 0 bridgehead atoms. The molecule has 6 heteroatoms. The lowest BCUT2D eigenvalue weighted by Crippen LogP contribution is -2.43. The molecule has 2 fully saturated rings. The second kappa shape index (κ2) is 10.8. The van der Waals surface area contributed by atoms with E-state index < -0.39 is 0 Å². The first-order chi connectivity index (χ1) is 13.6. The minimum atomic E-state index is -0.174. The van der Waals surface area contributed by atoms with Crippen LogP contribution in [-0.2, 0) is 11.3 Å². The molecule has 156 valence electrons. The number of anilines is 1. The van der Waals surface area contributed by atoms with Gasteiger partial charge in [0.1, 0.15) is 0 Å². The normalized spacial score (nSPS) is 24.1. The standard InChI is InChI=1S/C22H36N4O2/c1-18-5-3-4-6-21(18)28-16-11-23-22(27)24-20-9-7-19(8-10-20)17-26-14-12-25(2)13-15-26/h7-10,18,21H,3-6,11-17H2,1-2H3,(H2,23,24,27). The molecule has 2 N–H and O–H groups in total. The molecule has 0 aromatic heterocycles. The van der Waals surface area contributed by atoms with Gasteiger partial charge in [0.05, 0.1) is 12.7 Å². The van der Waals surface area contributed by atoms with Crippen molar-refractivity contribution >= 4 is 11.7 Å². The highest BCUT2D eigenvalue weighted by atomic mass is 16.5. The number of carbonyl (C=O) groups is 1. The van der Waals surface area contributed by atoms with Crippen molar-refractivity contribution in [1.29, 1.82) is 0 Å². The second-order valence-electron chi connectivity index (χ2n) is 8.33. The molecular weight excluding hydrogens is 352 g/mol. The molecule has 0 radical (unpaired) electrons. The zero-order valence-corrected chi connectivity index (χ0v) is 17.5. The van der Waals surface area contributed by atoms with Crippen LogP contribution in [0.4, 0.5) is 10.5 Å². The van der Waals surface area contributed by atoms with Crippen LogP contribution in [0.3, 0.4) is 0 Å². The minimum Gasteiger partial charge on any atom is -0.376 e. The molecule has 2 atom stereocenters. The van der Waals surface area contributed by atoms with E-state index in [1.807, 2.05) is 12.1 Å². The zero-order chi connectivity index (χ0) is 19.8. The summed E-state index contributed by atoms with van der Waals surface area (Å²) in [6.07, 6.45) is 5.33. The van der Waals surface area contributed by atoms with E-state index in [0.29, 0.717) is 25.2 Å². The van der Waals surface area contributed by atoms with Gasteiger partial charge in [-0.15, -0.1) is 0 Å². The van der Waals surface area contributed by atoms with Crippen molar-refractivity contribution < 1.29 is 9.53 Å². The summed E-state index contributed by atoms with van der Waals surface area (Å²) in [4.78, 5) is 16.9. The van der Waals surface area contributed by atoms with Crippen LogP contribution in [0.2, 0.25) is 0 Å². The molecule has 3 rings (SSSR count). The van der Waals surface area contributed by atoms with Crippen molar-refractivity contribution in [3.63, 3.8) is 0 Å².